The lowest BCUT2D eigenvalue weighted by Crippen LogP contribution is -2.48. The normalized spacial score (nSPS) is 15.1. The van der Waals surface area contributed by atoms with Crippen LogP contribution >= 0.6 is 27.3 Å². The van der Waals surface area contributed by atoms with Gasteiger partial charge < -0.3 is 14.5 Å². The average Bonchev–Trinajstić information content (AvgIpc) is 3.05. The molecule has 0 N–H and O–H groups in total. The number of methoxy groups -OCH3 is 1. The van der Waals surface area contributed by atoms with E-state index in [1.165, 1.54) is 5.69 Å². The van der Waals surface area contributed by atoms with Crippen molar-refractivity contribution in [3.05, 3.63) is 51.1 Å². The molecule has 0 atom stereocenters. The van der Waals surface area contributed by atoms with Crippen LogP contribution in [0.2, 0.25) is 0 Å². The lowest BCUT2D eigenvalue weighted by atomic mass is 10.2. The van der Waals surface area contributed by atoms with E-state index >= 15 is 0 Å². The summed E-state index contributed by atoms with van der Waals surface area (Å²) in [5.41, 5.74) is 1.17. The predicted octanol–water partition coefficient (Wildman–Crippen LogP) is 3.88. The van der Waals surface area contributed by atoms with Crippen LogP contribution in [0, 0.1) is 0 Å². The van der Waals surface area contributed by atoms with Gasteiger partial charge in [-0.25, -0.2) is 0 Å². The molecule has 24 heavy (non-hydrogen) atoms. The zero-order valence-corrected chi connectivity index (χ0v) is 15.8. The Morgan fingerprint density at radius 2 is 1.83 bits per heavy atom. The van der Waals surface area contributed by atoms with Crippen molar-refractivity contribution in [3.8, 4) is 5.75 Å². The molecule has 0 radical (unpaired) electrons. The van der Waals surface area contributed by atoms with Gasteiger partial charge >= 0.3 is 0 Å². The summed E-state index contributed by atoms with van der Waals surface area (Å²) >= 11 is 5.05. The highest BCUT2D eigenvalue weighted by Crippen LogP contribution is 2.23. The second kappa shape index (κ2) is 7.85. The van der Waals surface area contributed by atoms with Gasteiger partial charge in [0.15, 0.2) is 0 Å². The molecular formula is C18H19BrN2O2S. The predicted molar refractivity (Wildman–Crippen MR) is 103 cm³/mol. The summed E-state index contributed by atoms with van der Waals surface area (Å²) in [6, 6.07) is 12.0. The van der Waals surface area contributed by atoms with Gasteiger partial charge in [-0.05, 0) is 58.4 Å². The summed E-state index contributed by atoms with van der Waals surface area (Å²) in [5, 5.41) is 0. The van der Waals surface area contributed by atoms with E-state index < -0.39 is 0 Å². The lowest BCUT2D eigenvalue weighted by Gasteiger charge is -2.35. The first-order valence-electron chi connectivity index (χ1n) is 7.77. The summed E-state index contributed by atoms with van der Waals surface area (Å²) in [4.78, 5) is 17.6. The van der Waals surface area contributed by atoms with E-state index in [1.54, 1.807) is 24.5 Å². The van der Waals surface area contributed by atoms with E-state index in [2.05, 4.69) is 33.0 Å². The Morgan fingerprint density at radius 1 is 1.12 bits per heavy atom. The maximum Gasteiger partial charge on any atom is 0.246 e. The van der Waals surface area contributed by atoms with Crippen LogP contribution in [-0.4, -0.2) is 44.1 Å². The molecular weight excluding hydrogens is 388 g/mol. The molecule has 1 fully saturated rings. The number of nitrogens with zero attached hydrogens (tertiary/aromatic N) is 2. The van der Waals surface area contributed by atoms with Gasteiger partial charge in [0.05, 0.1) is 10.9 Å². The molecule has 6 heteroatoms. The Hall–Kier alpha value is -1.79. The third kappa shape index (κ3) is 4.19. The van der Waals surface area contributed by atoms with Crippen molar-refractivity contribution in [1.82, 2.24) is 4.90 Å². The van der Waals surface area contributed by atoms with Gasteiger partial charge in [0.2, 0.25) is 5.91 Å². The fourth-order valence-corrected chi connectivity index (χ4v) is 3.98. The molecule has 126 valence electrons. The largest absolute Gasteiger partial charge is 0.497 e. The molecule has 3 rings (SSSR count). The molecule has 0 bridgehead atoms. The van der Waals surface area contributed by atoms with Crippen LogP contribution in [-0.2, 0) is 4.79 Å². The third-order valence-corrected chi connectivity index (χ3v) is 5.60. The topological polar surface area (TPSA) is 32.8 Å². The van der Waals surface area contributed by atoms with Crippen LogP contribution in [0.1, 0.15) is 4.88 Å². The summed E-state index contributed by atoms with van der Waals surface area (Å²) in [5.74, 6) is 0.937. The van der Waals surface area contributed by atoms with Crippen LogP contribution in [0.3, 0.4) is 0 Å². The zero-order valence-electron chi connectivity index (χ0n) is 13.4. The number of benzene rings is 1. The Labute approximate surface area is 154 Å². The minimum atomic E-state index is 0.0777. The summed E-state index contributed by atoms with van der Waals surface area (Å²) < 4.78 is 6.26. The maximum absolute atomic E-state index is 12.3. The van der Waals surface area contributed by atoms with Crippen molar-refractivity contribution >= 4 is 44.9 Å². The van der Waals surface area contributed by atoms with Gasteiger partial charge in [0.25, 0.3) is 0 Å². The highest BCUT2D eigenvalue weighted by atomic mass is 79.9. The first kappa shape index (κ1) is 17.0. The number of rotatable bonds is 4. The first-order chi connectivity index (χ1) is 11.7. The standard InChI is InChI=1S/C18H19BrN2O2S/c1-23-15-4-2-14(3-5-15)20-10-12-21(13-11-20)18(22)9-7-16-6-8-17(19)24-16/h2-9H,10-13H2,1H3/b9-7+. The second-order valence-corrected chi connectivity index (χ2v) is 7.98. The van der Waals surface area contributed by atoms with Crippen LogP contribution in [0.25, 0.3) is 6.08 Å². The minimum Gasteiger partial charge on any atom is -0.497 e. The van der Waals surface area contributed by atoms with E-state index in [9.17, 15) is 4.79 Å². The van der Waals surface area contributed by atoms with Gasteiger partial charge in [-0.1, -0.05) is 0 Å². The van der Waals surface area contributed by atoms with E-state index in [0.717, 1.165) is 40.6 Å². The number of thiophene rings is 1. The van der Waals surface area contributed by atoms with Gasteiger partial charge in [0.1, 0.15) is 5.75 Å². The molecule has 0 aliphatic carbocycles. The van der Waals surface area contributed by atoms with Crippen molar-refractivity contribution in [1.29, 1.82) is 0 Å². The number of anilines is 1. The smallest absolute Gasteiger partial charge is 0.246 e. The number of halogens is 1. The average molecular weight is 407 g/mol. The molecule has 1 aliphatic rings. The molecule has 0 unspecified atom stereocenters. The Bertz CT molecular complexity index is 719. The van der Waals surface area contributed by atoms with Crippen molar-refractivity contribution in [3.63, 3.8) is 0 Å². The molecule has 2 aromatic rings. The number of amides is 1. The van der Waals surface area contributed by atoms with Gasteiger partial charge in [0, 0.05) is 42.8 Å². The van der Waals surface area contributed by atoms with Crippen molar-refractivity contribution in [2.45, 2.75) is 0 Å². The maximum atomic E-state index is 12.3. The van der Waals surface area contributed by atoms with Gasteiger partial charge in [-0.15, -0.1) is 11.3 Å². The molecule has 0 spiro atoms. The molecule has 1 saturated heterocycles. The second-order valence-electron chi connectivity index (χ2n) is 5.49. The lowest BCUT2D eigenvalue weighted by molar-refractivity contribution is -0.126. The summed E-state index contributed by atoms with van der Waals surface area (Å²) in [6.45, 7) is 3.17. The van der Waals surface area contributed by atoms with Crippen LogP contribution in [0.4, 0.5) is 5.69 Å². The zero-order chi connectivity index (χ0) is 16.9. The van der Waals surface area contributed by atoms with E-state index in [1.807, 2.05) is 35.2 Å². The Morgan fingerprint density at radius 3 is 2.42 bits per heavy atom. The number of carbonyl (C=O) groups excluding carboxylic acids is 1. The van der Waals surface area contributed by atoms with Crippen molar-refractivity contribution in [2.75, 3.05) is 38.2 Å². The van der Waals surface area contributed by atoms with E-state index in [0.29, 0.717) is 0 Å². The van der Waals surface area contributed by atoms with Crippen molar-refractivity contribution < 1.29 is 9.53 Å². The van der Waals surface area contributed by atoms with Gasteiger partial charge in [-0.2, -0.15) is 0 Å². The molecule has 4 nitrogen and oxygen atoms in total. The third-order valence-electron chi connectivity index (χ3n) is 4.01. The molecule has 2 heterocycles. The SMILES string of the molecule is COc1ccc(N2CCN(C(=O)/C=C/c3ccc(Br)s3)CC2)cc1. The molecule has 1 aromatic carbocycles. The fourth-order valence-electron chi connectivity index (χ4n) is 2.65. The van der Waals surface area contributed by atoms with Crippen LogP contribution in [0.5, 0.6) is 5.75 Å². The van der Waals surface area contributed by atoms with Crippen molar-refractivity contribution in [2.24, 2.45) is 0 Å². The molecule has 1 amide bonds. The Kier molecular flexibility index (Phi) is 5.58. The monoisotopic (exact) mass is 406 g/mol. The van der Waals surface area contributed by atoms with Gasteiger partial charge in [-0.3, -0.25) is 4.79 Å². The number of carbonyl (C=O) groups is 1. The first-order valence-corrected chi connectivity index (χ1v) is 9.38. The Balaban J connectivity index is 1.54. The molecule has 1 aromatic heterocycles. The highest BCUT2D eigenvalue weighted by Gasteiger charge is 2.19. The highest BCUT2D eigenvalue weighted by molar-refractivity contribution is 9.11. The number of hydrogen-bond acceptors (Lipinski definition) is 4. The molecule has 0 saturated carbocycles. The minimum absolute atomic E-state index is 0.0777. The van der Waals surface area contributed by atoms with E-state index in [-0.39, 0.29) is 5.91 Å². The van der Waals surface area contributed by atoms with Crippen LogP contribution < -0.4 is 9.64 Å². The quantitative estimate of drug-likeness (QED) is 0.722. The molecule has 1 aliphatic heterocycles. The number of ether oxygens (including phenoxy) is 1. The number of piperazine rings is 1. The summed E-state index contributed by atoms with van der Waals surface area (Å²) in [6.07, 6.45) is 3.55. The fraction of sp³-hybridized carbons (Fsp3) is 0.278. The van der Waals surface area contributed by atoms with E-state index in [4.69, 9.17) is 4.74 Å². The van der Waals surface area contributed by atoms with Crippen LogP contribution in [0.15, 0.2) is 46.3 Å². The summed E-state index contributed by atoms with van der Waals surface area (Å²) in [7, 11) is 1.67. The number of hydrogen-bond donors (Lipinski definition) is 0.